The second-order valence-electron chi connectivity index (χ2n) is 6.49. The summed E-state index contributed by atoms with van der Waals surface area (Å²) in [6.45, 7) is 7.19. The van der Waals surface area contributed by atoms with Crippen LogP contribution in [0.4, 0.5) is 8.78 Å². The van der Waals surface area contributed by atoms with Crippen LogP contribution in [0.3, 0.4) is 0 Å². The number of hydrogen-bond acceptors (Lipinski definition) is 2. The third-order valence-electron chi connectivity index (χ3n) is 4.04. The number of hydrogen-bond donors (Lipinski definition) is 1. The first-order valence-electron chi connectivity index (χ1n) is 7.23. The molecule has 0 saturated carbocycles. The van der Waals surface area contributed by atoms with Gasteiger partial charge in [-0.25, -0.2) is 8.78 Å². The van der Waals surface area contributed by atoms with E-state index in [4.69, 9.17) is 0 Å². The van der Waals surface area contributed by atoms with E-state index in [-0.39, 0.29) is 5.56 Å². The van der Waals surface area contributed by atoms with Gasteiger partial charge in [-0.2, -0.15) is 0 Å². The number of benzene rings is 1. The zero-order valence-electron chi connectivity index (χ0n) is 12.2. The summed E-state index contributed by atoms with van der Waals surface area (Å²) >= 11 is 0. The molecule has 0 bridgehead atoms. The molecule has 1 atom stereocenters. The standard InChI is InChI=1S/C16H23F2NO/c1-16(2)8-4-9-19(11-16)10-7-14(20)12-5-3-6-13(17)15(12)18/h3,5-6,14,20H,4,7-11H2,1-2H3. The lowest BCUT2D eigenvalue weighted by Gasteiger charge is -2.38. The third-order valence-corrected chi connectivity index (χ3v) is 4.04. The van der Waals surface area contributed by atoms with E-state index in [1.807, 2.05) is 0 Å². The SMILES string of the molecule is CC1(C)CCCN(CCC(O)c2cccc(F)c2F)C1. The summed E-state index contributed by atoms with van der Waals surface area (Å²) in [5.41, 5.74) is 0.356. The van der Waals surface area contributed by atoms with E-state index in [9.17, 15) is 13.9 Å². The number of rotatable bonds is 4. The number of likely N-dealkylation sites (tertiary alicyclic amines) is 1. The van der Waals surface area contributed by atoms with Crippen LogP contribution >= 0.6 is 0 Å². The fraction of sp³-hybridized carbons (Fsp3) is 0.625. The van der Waals surface area contributed by atoms with Crippen LogP contribution in [0, 0.1) is 17.0 Å². The van der Waals surface area contributed by atoms with Gasteiger partial charge in [0.2, 0.25) is 0 Å². The predicted octanol–water partition coefficient (Wildman–Crippen LogP) is 3.51. The molecule has 2 nitrogen and oxygen atoms in total. The quantitative estimate of drug-likeness (QED) is 0.914. The van der Waals surface area contributed by atoms with Crippen LogP contribution in [-0.4, -0.2) is 29.6 Å². The fourth-order valence-electron chi connectivity index (χ4n) is 2.97. The summed E-state index contributed by atoms with van der Waals surface area (Å²) in [6, 6.07) is 3.95. The lowest BCUT2D eigenvalue weighted by molar-refractivity contribution is 0.0885. The first-order chi connectivity index (χ1) is 9.39. The molecule has 0 amide bonds. The van der Waals surface area contributed by atoms with Gasteiger partial charge in [-0.1, -0.05) is 26.0 Å². The van der Waals surface area contributed by atoms with Crippen molar-refractivity contribution in [1.29, 1.82) is 0 Å². The van der Waals surface area contributed by atoms with Crippen LogP contribution in [0.15, 0.2) is 18.2 Å². The van der Waals surface area contributed by atoms with Crippen molar-refractivity contribution >= 4 is 0 Å². The minimum Gasteiger partial charge on any atom is -0.388 e. The van der Waals surface area contributed by atoms with Crippen molar-refractivity contribution in [3.8, 4) is 0 Å². The molecule has 1 fully saturated rings. The second kappa shape index (κ2) is 6.19. The van der Waals surface area contributed by atoms with Crippen molar-refractivity contribution in [3.05, 3.63) is 35.4 Å². The molecule has 112 valence electrons. The van der Waals surface area contributed by atoms with E-state index in [1.165, 1.54) is 18.6 Å². The molecular weight excluding hydrogens is 260 g/mol. The maximum absolute atomic E-state index is 13.6. The van der Waals surface area contributed by atoms with Crippen LogP contribution < -0.4 is 0 Å². The summed E-state index contributed by atoms with van der Waals surface area (Å²) in [4.78, 5) is 2.30. The van der Waals surface area contributed by atoms with Crippen molar-refractivity contribution in [3.63, 3.8) is 0 Å². The highest BCUT2D eigenvalue weighted by molar-refractivity contribution is 5.21. The van der Waals surface area contributed by atoms with Gasteiger partial charge in [0.1, 0.15) is 0 Å². The van der Waals surface area contributed by atoms with Crippen LogP contribution in [0.25, 0.3) is 0 Å². The Balaban J connectivity index is 1.92. The molecule has 1 N–H and O–H groups in total. The monoisotopic (exact) mass is 283 g/mol. The van der Waals surface area contributed by atoms with Gasteiger partial charge in [-0.3, -0.25) is 0 Å². The van der Waals surface area contributed by atoms with Gasteiger partial charge in [0, 0.05) is 18.7 Å². The summed E-state index contributed by atoms with van der Waals surface area (Å²) in [5, 5.41) is 10.1. The van der Waals surface area contributed by atoms with E-state index < -0.39 is 17.7 Å². The topological polar surface area (TPSA) is 23.5 Å². The molecule has 0 spiro atoms. The Labute approximate surface area is 119 Å². The molecule has 0 aliphatic carbocycles. The minimum atomic E-state index is -0.948. The molecule has 1 aliphatic heterocycles. The molecule has 20 heavy (non-hydrogen) atoms. The zero-order chi connectivity index (χ0) is 14.8. The van der Waals surface area contributed by atoms with E-state index in [2.05, 4.69) is 18.7 Å². The van der Waals surface area contributed by atoms with Crippen molar-refractivity contribution in [2.24, 2.45) is 5.41 Å². The van der Waals surface area contributed by atoms with Gasteiger partial charge < -0.3 is 10.0 Å². The molecule has 4 heteroatoms. The molecule has 1 unspecified atom stereocenters. The molecule has 1 aromatic rings. The van der Waals surface area contributed by atoms with Gasteiger partial charge in [0.25, 0.3) is 0 Å². The number of piperidine rings is 1. The third kappa shape index (κ3) is 3.76. The van der Waals surface area contributed by atoms with Crippen LogP contribution in [-0.2, 0) is 0 Å². The highest BCUT2D eigenvalue weighted by atomic mass is 19.2. The minimum absolute atomic E-state index is 0.0567. The average molecular weight is 283 g/mol. The second-order valence-corrected chi connectivity index (χ2v) is 6.49. The summed E-state index contributed by atoms with van der Waals surface area (Å²) in [6.07, 6.45) is 1.84. The highest BCUT2D eigenvalue weighted by Gasteiger charge is 2.26. The Bertz CT molecular complexity index is 462. The molecule has 2 rings (SSSR count). The smallest absolute Gasteiger partial charge is 0.164 e. The van der Waals surface area contributed by atoms with E-state index >= 15 is 0 Å². The lowest BCUT2D eigenvalue weighted by atomic mass is 9.84. The van der Waals surface area contributed by atoms with E-state index in [0.717, 1.165) is 25.6 Å². The first-order valence-corrected chi connectivity index (χ1v) is 7.23. The maximum Gasteiger partial charge on any atom is 0.164 e. The van der Waals surface area contributed by atoms with Crippen molar-refractivity contribution in [1.82, 2.24) is 4.90 Å². The molecule has 0 aromatic heterocycles. The van der Waals surface area contributed by atoms with Gasteiger partial charge in [-0.15, -0.1) is 0 Å². The number of aliphatic hydroxyl groups excluding tert-OH is 1. The van der Waals surface area contributed by atoms with Crippen LogP contribution in [0.1, 0.15) is 44.8 Å². The van der Waals surface area contributed by atoms with Crippen molar-refractivity contribution in [2.45, 2.75) is 39.2 Å². The molecular formula is C16H23F2NO. The molecule has 1 saturated heterocycles. The van der Waals surface area contributed by atoms with Crippen molar-refractivity contribution in [2.75, 3.05) is 19.6 Å². The molecule has 0 radical (unpaired) electrons. The molecule has 1 aromatic carbocycles. The Kier molecular flexibility index (Phi) is 4.76. The summed E-state index contributed by atoms with van der Waals surface area (Å²) in [7, 11) is 0. The number of halogens is 2. The van der Waals surface area contributed by atoms with E-state index in [1.54, 1.807) is 0 Å². The normalized spacial score (nSPS) is 20.9. The number of aliphatic hydroxyl groups is 1. The predicted molar refractivity (Wildman–Crippen MR) is 75.4 cm³/mol. The van der Waals surface area contributed by atoms with Crippen LogP contribution in [0.2, 0.25) is 0 Å². The highest BCUT2D eigenvalue weighted by Crippen LogP contribution is 2.29. The van der Waals surface area contributed by atoms with Gasteiger partial charge in [0.15, 0.2) is 11.6 Å². The van der Waals surface area contributed by atoms with Gasteiger partial charge in [0.05, 0.1) is 6.10 Å². The van der Waals surface area contributed by atoms with E-state index in [0.29, 0.717) is 18.4 Å². The number of nitrogens with zero attached hydrogens (tertiary/aromatic N) is 1. The Morgan fingerprint density at radius 2 is 2.10 bits per heavy atom. The van der Waals surface area contributed by atoms with Crippen molar-refractivity contribution < 1.29 is 13.9 Å². The van der Waals surface area contributed by atoms with Crippen LogP contribution in [0.5, 0.6) is 0 Å². The summed E-state index contributed by atoms with van der Waals surface area (Å²) in [5.74, 6) is -1.83. The Morgan fingerprint density at radius 3 is 2.80 bits per heavy atom. The average Bonchev–Trinajstić information content (AvgIpc) is 2.38. The Hall–Kier alpha value is -1.00. The maximum atomic E-state index is 13.6. The Morgan fingerprint density at radius 1 is 1.35 bits per heavy atom. The molecule has 1 heterocycles. The lowest BCUT2D eigenvalue weighted by Crippen LogP contribution is -2.40. The first kappa shape index (κ1) is 15.4. The zero-order valence-corrected chi connectivity index (χ0v) is 12.2. The van der Waals surface area contributed by atoms with Gasteiger partial charge in [-0.05, 0) is 37.3 Å². The van der Waals surface area contributed by atoms with Gasteiger partial charge >= 0.3 is 0 Å². The summed E-state index contributed by atoms with van der Waals surface area (Å²) < 4.78 is 26.7. The largest absolute Gasteiger partial charge is 0.388 e. The fourth-order valence-corrected chi connectivity index (χ4v) is 2.97. The molecule has 1 aliphatic rings.